The van der Waals surface area contributed by atoms with Crippen LogP contribution in [0.25, 0.3) is 0 Å². The largest absolute Gasteiger partial charge is 0.319 e. The molecule has 1 atom stereocenters. The summed E-state index contributed by atoms with van der Waals surface area (Å²) in [6.45, 7) is 0. The molecule has 80 valence electrons. The lowest BCUT2D eigenvalue weighted by molar-refractivity contribution is 0.672. The number of aryl methyl sites for hydroxylation is 1. The van der Waals surface area contributed by atoms with Crippen molar-refractivity contribution >= 4 is 43.2 Å². The van der Waals surface area contributed by atoms with E-state index >= 15 is 0 Å². The number of halogens is 2. The molecule has 0 aliphatic rings. The first-order valence-corrected chi connectivity index (χ1v) is 6.73. The number of aromatic nitrogens is 2. The number of thiophene rings is 1. The molecule has 0 aliphatic carbocycles. The molecule has 1 unspecified atom stereocenters. The van der Waals surface area contributed by atoms with Crippen LogP contribution in [0.5, 0.6) is 0 Å². The van der Waals surface area contributed by atoms with E-state index in [-0.39, 0.29) is 6.04 Å². The Morgan fingerprint density at radius 1 is 1.53 bits per heavy atom. The minimum Gasteiger partial charge on any atom is -0.319 e. The fourth-order valence-electron chi connectivity index (χ4n) is 1.41. The fraction of sp³-hybridized carbons (Fsp3) is 0.222. The highest BCUT2D eigenvalue weighted by Gasteiger charge is 2.17. The first-order valence-electron chi connectivity index (χ1n) is 4.26. The maximum Gasteiger partial charge on any atom is 0.0743 e. The lowest BCUT2D eigenvalue weighted by atomic mass is 10.1. The molecule has 0 bridgehead atoms. The zero-order valence-corrected chi connectivity index (χ0v) is 11.9. The van der Waals surface area contributed by atoms with Crippen molar-refractivity contribution in [2.75, 3.05) is 0 Å². The van der Waals surface area contributed by atoms with Crippen molar-refractivity contribution in [1.82, 2.24) is 9.78 Å². The summed E-state index contributed by atoms with van der Waals surface area (Å²) in [7, 11) is 1.89. The molecule has 2 heterocycles. The third-order valence-electron chi connectivity index (χ3n) is 2.18. The van der Waals surface area contributed by atoms with Crippen LogP contribution in [0.15, 0.2) is 25.9 Å². The summed E-state index contributed by atoms with van der Waals surface area (Å²) in [6, 6.07) is 1.89. The number of hydrogen-bond donors (Lipinski definition) is 1. The Kier molecular flexibility index (Phi) is 3.30. The van der Waals surface area contributed by atoms with E-state index in [0.717, 1.165) is 19.5 Å². The van der Waals surface area contributed by atoms with E-state index in [1.165, 1.54) is 0 Å². The SMILES string of the molecule is Cn1ncc(Br)c1C(N)c1csc(Br)c1. The van der Waals surface area contributed by atoms with Crippen molar-refractivity contribution in [3.63, 3.8) is 0 Å². The van der Waals surface area contributed by atoms with Crippen molar-refractivity contribution in [2.45, 2.75) is 6.04 Å². The normalized spacial score (nSPS) is 13.1. The predicted octanol–water partition coefficient (Wildman–Crippen LogP) is 3.05. The van der Waals surface area contributed by atoms with E-state index < -0.39 is 0 Å². The number of nitrogens with two attached hydrogens (primary N) is 1. The minimum absolute atomic E-state index is 0.144. The van der Waals surface area contributed by atoms with E-state index in [4.69, 9.17) is 5.73 Å². The highest BCUT2D eigenvalue weighted by molar-refractivity contribution is 9.11. The summed E-state index contributed by atoms with van der Waals surface area (Å²) in [6.07, 6.45) is 1.76. The molecule has 6 heteroatoms. The van der Waals surface area contributed by atoms with Gasteiger partial charge in [0.1, 0.15) is 0 Å². The molecule has 2 aromatic heterocycles. The summed E-state index contributed by atoms with van der Waals surface area (Å²) in [5.41, 5.74) is 8.25. The van der Waals surface area contributed by atoms with Gasteiger partial charge in [0.15, 0.2) is 0 Å². The second kappa shape index (κ2) is 4.37. The molecule has 15 heavy (non-hydrogen) atoms. The van der Waals surface area contributed by atoms with Crippen molar-refractivity contribution < 1.29 is 0 Å². The molecule has 3 nitrogen and oxygen atoms in total. The Morgan fingerprint density at radius 3 is 2.73 bits per heavy atom. The van der Waals surface area contributed by atoms with Gasteiger partial charge in [-0.1, -0.05) is 0 Å². The average molecular weight is 351 g/mol. The molecule has 2 aromatic rings. The Balaban J connectivity index is 2.40. The Labute approximate surface area is 109 Å². The molecule has 0 aromatic carbocycles. The quantitative estimate of drug-likeness (QED) is 0.904. The van der Waals surface area contributed by atoms with Gasteiger partial charge in [-0.05, 0) is 48.9 Å². The molecule has 2 N–H and O–H groups in total. The smallest absolute Gasteiger partial charge is 0.0743 e. The van der Waals surface area contributed by atoms with Gasteiger partial charge in [-0.15, -0.1) is 11.3 Å². The van der Waals surface area contributed by atoms with Gasteiger partial charge >= 0.3 is 0 Å². The molecule has 0 amide bonds. The third-order valence-corrected chi connectivity index (χ3v) is 4.31. The van der Waals surface area contributed by atoms with Crippen molar-refractivity contribution in [3.05, 3.63) is 37.2 Å². The van der Waals surface area contributed by atoms with Crippen LogP contribution in [0.4, 0.5) is 0 Å². The van der Waals surface area contributed by atoms with Gasteiger partial charge in [0.2, 0.25) is 0 Å². The van der Waals surface area contributed by atoms with Gasteiger partial charge in [-0.25, -0.2) is 0 Å². The van der Waals surface area contributed by atoms with Crippen LogP contribution in [0.1, 0.15) is 17.3 Å². The lowest BCUT2D eigenvalue weighted by Gasteiger charge is -2.11. The van der Waals surface area contributed by atoms with E-state index in [1.54, 1.807) is 22.2 Å². The van der Waals surface area contributed by atoms with Crippen LogP contribution >= 0.6 is 43.2 Å². The first kappa shape index (κ1) is 11.3. The lowest BCUT2D eigenvalue weighted by Crippen LogP contribution is -2.15. The summed E-state index contributed by atoms with van der Waals surface area (Å²) in [4.78, 5) is 0. The second-order valence-electron chi connectivity index (χ2n) is 3.16. The second-order valence-corrected chi connectivity index (χ2v) is 6.31. The van der Waals surface area contributed by atoms with E-state index in [9.17, 15) is 0 Å². The van der Waals surface area contributed by atoms with E-state index in [2.05, 4.69) is 37.0 Å². The molecule has 0 aliphatic heterocycles. The minimum atomic E-state index is -0.144. The molecular weight excluding hydrogens is 342 g/mol. The van der Waals surface area contributed by atoms with Crippen molar-refractivity contribution in [3.8, 4) is 0 Å². The highest BCUT2D eigenvalue weighted by Crippen LogP contribution is 2.30. The van der Waals surface area contributed by atoms with Crippen molar-refractivity contribution in [1.29, 1.82) is 0 Å². The Morgan fingerprint density at radius 2 is 2.27 bits per heavy atom. The monoisotopic (exact) mass is 349 g/mol. The molecule has 0 saturated heterocycles. The van der Waals surface area contributed by atoms with Crippen LogP contribution in [-0.4, -0.2) is 9.78 Å². The zero-order chi connectivity index (χ0) is 11.0. The third kappa shape index (κ3) is 2.18. The number of hydrogen-bond acceptors (Lipinski definition) is 3. The standard InChI is InChI=1S/C9H9Br2N3S/c1-14-9(6(10)3-13-14)8(12)5-2-7(11)15-4-5/h2-4,8H,12H2,1H3. The van der Waals surface area contributed by atoms with Crippen LogP contribution in [0.3, 0.4) is 0 Å². The Bertz CT molecular complexity index is 458. The number of nitrogens with zero attached hydrogens (tertiary/aromatic N) is 2. The molecule has 0 spiro atoms. The van der Waals surface area contributed by atoms with Gasteiger partial charge in [0.05, 0.1) is 26.2 Å². The Hall–Kier alpha value is -0.170. The molecule has 0 saturated carbocycles. The van der Waals surface area contributed by atoms with Crippen LogP contribution in [0.2, 0.25) is 0 Å². The summed E-state index contributed by atoms with van der Waals surface area (Å²) < 4.78 is 3.83. The van der Waals surface area contributed by atoms with Gasteiger partial charge < -0.3 is 5.73 Å². The maximum absolute atomic E-state index is 6.17. The van der Waals surface area contributed by atoms with Crippen molar-refractivity contribution in [2.24, 2.45) is 12.8 Å². The highest BCUT2D eigenvalue weighted by atomic mass is 79.9. The van der Waals surface area contributed by atoms with Crippen LogP contribution in [0, 0.1) is 0 Å². The first-order chi connectivity index (χ1) is 7.09. The molecule has 0 radical (unpaired) electrons. The van der Waals surface area contributed by atoms with Gasteiger partial charge in [-0.3, -0.25) is 4.68 Å². The number of rotatable bonds is 2. The fourth-order valence-corrected chi connectivity index (χ4v) is 3.22. The van der Waals surface area contributed by atoms with Gasteiger partial charge in [0.25, 0.3) is 0 Å². The summed E-state index contributed by atoms with van der Waals surface area (Å²) in [5.74, 6) is 0. The molecular formula is C9H9Br2N3S. The predicted molar refractivity (Wildman–Crippen MR) is 69.0 cm³/mol. The van der Waals surface area contributed by atoms with Crippen LogP contribution in [-0.2, 0) is 7.05 Å². The maximum atomic E-state index is 6.17. The average Bonchev–Trinajstić information content (AvgIpc) is 2.73. The van der Waals surface area contributed by atoms with Gasteiger partial charge in [0, 0.05) is 7.05 Å². The molecule has 0 fully saturated rings. The zero-order valence-electron chi connectivity index (χ0n) is 7.95. The topological polar surface area (TPSA) is 43.8 Å². The summed E-state index contributed by atoms with van der Waals surface area (Å²) in [5, 5.41) is 6.20. The summed E-state index contributed by atoms with van der Waals surface area (Å²) >= 11 is 8.51. The van der Waals surface area contributed by atoms with E-state index in [0.29, 0.717) is 0 Å². The molecule has 2 rings (SSSR count). The van der Waals surface area contributed by atoms with Gasteiger partial charge in [-0.2, -0.15) is 5.10 Å². The van der Waals surface area contributed by atoms with Crippen LogP contribution < -0.4 is 5.73 Å². The van der Waals surface area contributed by atoms with E-state index in [1.807, 2.05) is 18.5 Å².